The number of rotatable bonds is 6. The van der Waals surface area contributed by atoms with Crippen LogP contribution in [0, 0.1) is 6.92 Å². The summed E-state index contributed by atoms with van der Waals surface area (Å²) in [6.07, 6.45) is 0. The van der Waals surface area contributed by atoms with Gasteiger partial charge in [0.05, 0.1) is 12.8 Å². The van der Waals surface area contributed by atoms with Gasteiger partial charge in [0.1, 0.15) is 11.4 Å². The Hall–Kier alpha value is -3.35. The minimum atomic E-state index is -0.230. The number of hydrogen-bond acceptors (Lipinski definition) is 4. The zero-order chi connectivity index (χ0) is 19.4. The van der Waals surface area contributed by atoms with E-state index >= 15 is 0 Å². The highest BCUT2D eigenvalue weighted by atomic mass is 16.5. The van der Waals surface area contributed by atoms with Gasteiger partial charge in [-0.05, 0) is 19.1 Å². The smallest absolute Gasteiger partial charge is 0.269 e. The van der Waals surface area contributed by atoms with Crippen molar-refractivity contribution in [1.29, 1.82) is 0 Å². The molecule has 2 aromatic heterocycles. The normalized spacial score (nSPS) is 10.6. The first-order chi connectivity index (χ1) is 13.0. The molecule has 1 amide bonds. The maximum atomic E-state index is 12.5. The Morgan fingerprint density at radius 3 is 2.59 bits per heavy atom. The summed E-state index contributed by atoms with van der Waals surface area (Å²) in [5.74, 6) is 0.299. The molecule has 1 aromatic carbocycles. The van der Waals surface area contributed by atoms with Crippen molar-refractivity contribution in [2.24, 2.45) is 7.05 Å². The van der Waals surface area contributed by atoms with Crippen molar-refractivity contribution in [2.75, 3.05) is 13.7 Å². The summed E-state index contributed by atoms with van der Waals surface area (Å²) in [6, 6.07) is 14.7. The van der Waals surface area contributed by atoms with Gasteiger partial charge in [-0.1, -0.05) is 30.3 Å². The number of hydrogen-bond donors (Lipinski definition) is 1. The first-order valence-electron chi connectivity index (χ1n) is 8.62. The Balaban J connectivity index is 1.67. The van der Waals surface area contributed by atoms with Crippen LogP contribution in [0.4, 0.5) is 0 Å². The van der Waals surface area contributed by atoms with Gasteiger partial charge >= 0.3 is 0 Å². The summed E-state index contributed by atoms with van der Waals surface area (Å²) in [5.41, 5.74) is 2.78. The van der Waals surface area contributed by atoms with Gasteiger partial charge in [-0.25, -0.2) is 0 Å². The summed E-state index contributed by atoms with van der Waals surface area (Å²) < 4.78 is 8.25. The van der Waals surface area contributed by atoms with Crippen LogP contribution in [0.3, 0.4) is 0 Å². The largest absolute Gasteiger partial charge is 0.496 e. The third kappa shape index (κ3) is 4.08. The Labute approximate surface area is 157 Å². The van der Waals surface area contributed by atoms with Gasteiger partial charge < -0.3 is 14.6 Å². The van der Waals surface area contributed by atoms with Crippen LogP contribution in [-0.4, -0.2) is 33.9 Å². The van der Waals surface area contributed by atoms with E-state index in [0.29, 0.717) is 24.5 Å². The molecule has 0 saturated carbocycles. The highest BCUT2D eigenvalue weighted by Gasteiger charge is 2.14. The molecule has 7 nitrogen and oxygen atoms in total. The molecule has 3 rings (SSSR count). The second-order valence-corrected chi connectivity index (χ2v) is 6.19. The summed E-state index contributed by atoms with van der Waals surface area (Å²) in [5, 5.41) is 7.25. The van der Waals surface area contributed by atoms with Gasteiger partial charge in [-0.15, -0.1) is 0 Å². The van der Waals surface area contributed by atoms with Crippen molar-refractivity contribution >= 4 is 5.91 Å². The summed E-state index contributed by atoms with van der Waals surface area (Å²) in [7, 11) is 3.26. The van der Waals surface area contributed by atoms with E-state index in [2.05, 4.69) is 10.4 Å². The molecule has 0 unspecified atom stereocenters. The minimum Gasteiger partial charge on any atom is -0.496 e. The van der Waals surface area contributed by atoms with Crippen LogP contribution in [0.2, 0.25) is 0 Å². The first-order valence-corrected chi connectivity index (χ1v) is 8.62. The fourth-order valence-electron chi connectivity index (χ4n) is 2.90. The number of carbonyl (C=O) groups excluding carboxylic acids is 1. The maximum Gasteiger partial charge on any atom is 0.269 e. The summed E-state index contributed by atoms with van der Waals surface area (Å²) in [4.78, 5) is 24.6. The third-order valence-electron chi connectivity index (χ3n) is 4.35. The molecule has 2 heterocycles. The van der Waals surface area contributed by atoms with Crippen LogP contribution in [0.5, 0.6) is 5.75 Å². The van der Waals surface area contributed by atoms with E-state index in [1.807, 2.05) is 37.3 Å². The number of aryl methyl sites for hydroxylation is 2. The molecule has 7 heteroatoms. The van der Waals surface area contributed by atoms with Gasteiger partial charge in [0.15, 0.2) is 0 Å². The molecule has 0 aliphatic carbocycles. The number of ether oxygens (including phenoxy) is 1. The Bertz CT molecular complexity index is 1010. The van der Waals surface area contributed by atoms with Crippen molar-refractivity contribution < 1.29 is 9.53 Å². The van der Waals surface area contributed by atoms with Crippen molar-refractivity contribution in [2.45, 2.75) is 13.5 Å². The SMILES string of the molecule is COc1cc(C)n(CCNC(=O)c2cc(-c3ccccc3)nn2C)c(=O)c1. The molecule has 0 spiro atoms. The lowest BCUT2D eigenvalue weighted by Crippen LogP contribution is -2.32. The second-order valence-electron chi connectivity index (χ2n) is 6.19. The quantitative estimate of drug-likeness (QED) is 0.724. The number of amides is 1. The van der Waals surface area contributed by atoms with E-state index in [1.165, 1.54) is 13.2 Å². The van der Waals surface area contributed by atoms with Crippen LogP contribution in [0.1, 0.15) is 16.2 Å². The second kappa shape index (κ2) is 7.90. The van der Waals surface area contributed by atoms with Crippen LogP contribution in [0.25, 0.3) is 11.3 Å². The third-order valence-corrected chi connectivity index (χ3v) is 4.35. The van der Waals surface area contributed by atoms with Crippen molar-refractivity contribution in [1.82, 2.24) is 19.7 Å². The minimum absolute atomic E-state index is 0.159. The lowest BCUT2D eigenvalue weighted by Gasteiger charge is -2.12. The van der Waals surface area contributed by atoms with Crippen LogP contribution >= 0.6 is 0 Å². The van der Waals surface area contributed by atoms with Crippen LogP contribution in [-0.2, 0) is 13.6 Å². The molecule has 3 aromatic rings. The zero-order valence-corrected chi connectivity index (χ0v) is 15.6. The topological polar surface area (TPSA) is 78.2 Å². The molecule has 27 heavy (non-hydrogen) atoms. The van der Waals surface area contributed by atoms with Gasteiger partial charge in [0, 0.05) is 37.5 Å². The van der Waals surface area contributed by atoms with Crippen molar-refractivity contribution in [3.8, 4) is 17.0 Å². The lowest BCUT2D eigenvalue weighted by atomic mass is 10.1. The molecule has 0 aliphatic rings. The number of nitrogens with one attached hydrogen (secondary N) is 1. The molecule has 0 radical (unpaired) electrons. The average Bonchev–Trinajstić information content (AvgIpc) is 3.06. The lowest BCUT2D eigenvalue weighted by molar-refractivity contribution is 0.0942. The highest BCUT2D eigenvalue weighted by molar-refractivity contribution is 5.93. The molecular weight excluding hydrogens is 344 g/mol. The summed E-state index contributed by atoms with van der Waals surface area (Å²) >= 11 is 0. The van der Waals surface area contributed by atoms with Gasteiger partial charge in [-0.3, -0.25) is 14.3 Å². The first kappa shape index (κ1) is 18.4. The van der Waals surface area contributed by atoms with E-state index in [1.54, 1.807) is 28.4 Å². The van der Waals surface area contributed by atoms with Gasteiger partial charge in [0.2, 0.25) is 0 Å². The number of nitrogens with zero attached hydrogens (tertiary/aromatic N) is 3. The fourth-order valence-corrected chi connectivity index (χ4v) is 2.90. The number of aromatic nitrogens is 3. The average molecular weight is 366 g/mol. The predicted molar refractivity (Wildman–Crippen MR) is 103 cm³/mol. The van der Waals surface area contributed by atoms with Crippen LogP contribution in [0.15, 0.2) is 53.3 Å². The number of pyridine rings is 1. The molecule has 0 bridgehead atoms. The molecule has 1 N–H and O–H groups in total. The fraction of sp³-hybridized carbons (Fsp3) is 0.250. The Kier molecular flexibility index (Phi) is 5.40. The van der Waals surface area contributed by atoms with Gasteiger partial charge in [-0.2, -0.15) is 5.10 Å². The monoisotopic (exact) mass is 366 g/mol. The van der Waals surface area contributed by atoms with E-state index < -0.39 is 0 Å². The Morgan fingerprint density at radius 2 is 1.93 bits per heavy atom. The molecule has 0 atom stereocenters. The predicted octanol–water partition coefficient (Wildman–Crippen LogP) is 2.00. The summed E-state index contributed by atoms with van der Waals surface area (Å²) in [6.45, 7) is 2.54. The van der Waals surface area contributed by atoms with E-state index in [-0.39, 0.29) is 11.5 Å². The molecular formula is C20H22N4O3. The van der Waals surface area contributed by atoms with Crippen molar-refractivity contribution in [3.05, 3.63) is 70.3 Å². The number of benzene rings is 1. The standard InChI is InChI=1S/C20H22N4O3/c1-14-11-16(27-3)12-19(25)24(14)10-9-21-20(26)18-13-17(22-23(18)2)15-7-5-4-6-8-15/h4-8,11-13H,9-10H2,1-3H3,(H,21,26). The number of methoxy groups -OCH3 is 1. The molecule has 140 valence electrons. The zero-order valence-electron chi connectivity index (χ0n) is 15.6. The van der Waals surface area contributed by atoms with Crippen LogP contribution < -0.4 is 15.6 Å². The molecule has 0 fully saturated rings. The molecule has 0 saturated heterocycles. The van der Waals surface area contributed by atoms with E-state index in [0.717, 1.165) is 17.0 Å². The number of carbonyl (C=O) groups is 1. The highest BCUT2D eigenvalue weighted by Crippen LogP contribution is 2.18. The van der Waals surface area contributed by atoms with Crippen molar-refractivity contribution in [3.63, 3.8) is 0 Å². The van der Waals surface area contributed by atoms with E-state index in [4.69, 9.17) is 4.74 Å². The maximum absolute atomic E-state index is 12.5. The molecule has 0 aliphatic heterocycles. The van der Waals surface area contributed by atoms with Gasteiger partial charge in [0.25, 0.3) is 11.5 Å². The Morgan fingerprint density at radius 1 is 1.19 bits per heavy atom. The van der Waals surface area contributed by atoms with E-state index in [9.17, 15) is 9.59 Å².